The van der Waals surface area contributed by atoms with E-state index in [1.54, 1.807) is 0 Å². The lowest BCUT2D eigenvalue weighted by Crippen LogP contribution is -1.97. The van der Waals surface area contributed by atoms with E-state index in [1.807, 2.05) is 0 Å². The number of hydrogen-bond donors (Lipinski definition) is 0. The summed E-state index contributed by atoms with van der Waals surface area (Å²) in [5.41, 5.74) is -1.01. The average molecular weight is 322 g/mol. The van der Waals surface area contributed by atoms with Gasteiger partial charge in [0.05, 0.1) is 11.0 Å². The van der Waals surface area contributed by atoms with Gasteiger partial charge in [0.1, 0.15) is 0 Å². The number of rotatable bonds is 3. The molecule has 0 bridgehead atoms. The van der Waals surface area contributed by atoms with E-state index in [2.05, 4.69) is 10.2 Å². The summed E-state index contributed by atoms with van der Waals surface area (Å²) in [5, 5.41) is 16.9. The minimum absolute atomic E-state index is 0.0767. The van der Waals surface area contributed by atoms with Crippen LogP contribution in [0.1, 0.15) is 0 Å². The third kappa shape index (κ3) is 2.91. The van der Waals surface area contributed by atoms with Crippen molar-refractivity contribution in [3.05, 3.63) is 50.3 Å². The fourth-order valence-corrected chi connectivity index (χ4v) is 1.53. The lowest BCUT2D eigenvalue weighted by Gasteiger charge is -2.07. The van der Waals surface area contributed by atoms with Crippen LogP contribution >= 0.6 is 23.2 Å². The maximum absolute atomic E-state index is 13.6. The van der Waals surface area contributed by atoms with Crippen molar-refractivity contribution >= 4 is 28.9 Å². The van der Waals surface area contributed by atoms with Crippen LogP contribution in [0.4, 0.5) is 14.5 Å². The van der Waals surface area contributed by atoms with Gasteiger partial charge in [0.15, 0.2) is 27.6 Å². The van der Waals surface area contributed by atoms with Crippen molar-refractivity contribution in [3.8, 4) is 11.5 Å². The molecule has 0 aliphatic carbocycles. The molecule has 2 aromatic rings. The maximum Gasteiger partial charge on any atom is 0.307 e. The Labute approximate surface area is 120 Å². The van der Waals surface area contributed by atoms with Gasteiger partial charge in [-0.25, -0.2) is 4.39 Å². The third-order valence-corrected chi connectivity index (χ3v) is 2.55. The van der Waals surface area contributed by atoms with Crippen LogP contribution in [0.5, 0.6) is 11.5 Å². The summed E-state index contributed by atoms with van der Waals surface area (Å²) in [4.78, 5) is 9.39. The van der Waals surface area contributed by atoms with E-state index in [0.717, 1.165) is 6.07 Å². The normalized spacial score (nSPS) is 10.4. The standard InChI is InChI=1S/C10H3Cl2F2N3O3/c11-9-3-8(10(12)16-15-9)20-7-2-4(13)6(17(18)19)1-5(7)14/h1-3H. The number of hydrogen-bond acceptors (Lipinski definition) is 5. The highest BCUT2D eigenvalue weighted by Crippen LogP contribution is 2.33. The molecule has 0 saturated heterocycles. The molecule has 1 aromatic heterocycles. The van der Waals surface area contributed by atoms with Crippen LogP contribution in [-0.4, -0.2) is 15.1 Å². The van der Waals surface area contributed by atoms with Crippen LogP contribution in [-0.2, 0) is 0 Å². The van der Waals surface area contributed by atoms with Gasteiger partial charge in [0.2, 0.25) is 5.82 Å². The van der Waals surface area contributed by atoms with Gasteiger partial charge in [-0.3, -0.25) is 10.1 Å². The highest BCUT2D eigenvalue weighted by atomic mass is 35.5. The number of nitro groups is 1. The summed E-state index contributed by atoms with van der Waals surface area (Å²) in [6, 6.07) is 2.06. The van der Waals surface area contributed by atoms with Gasteiger partial charge in [0, 0.05) is 12.1 Å². The molecule has 0 unspecified atom stereocenters. The topological polar surface area (TPSA) is 78.2 Å². The van der Waals surface area contributed by atoms with Crippen molar-refractivity contribution in [2.45, 2.75) is 0 Å². The van der Waals surface area contributed by atoms with Crippen molar-refractivity contribution in [3.63, 3.8) is 0 Å². The summed E-state index contributed by atoms with van der Waals surface area (Å²) in [6.45, 7) is 0. The number of benzene rings is 1. The SMILES string of the molecule is O=[N+]([O-])c1cc(F)c(Oc2cc(Cl)nnc2Cl)cc1F. The van der Waals surface area contributed by atoms with Gasteiger partial charge < -0.3 is 4.74 Å². The number of nitrogens with zero attached hydrogens (tertiary/aromatic N) is 3. The van der Waals surface area contributed by atoms with E-state index in [-0.39, 0.29) is 16.1 Å². The Balaban J connectivity index is 2.42. The van der Waals surface area contributed by atoms with E-state index >= 15 is 0 Å². The van der Waals surface area contributed by atoms with Crippen LogP contribution < -0.4 is 4.74 Å². The zero-order valence-electron chi connectivity index (χ0n) is 9.31. The summed E-state index contributed by atoms with van der Waals surface area (Å²) < 4.78 is 32.0. The molecule has 0 saturated carbocycles. The van der Waals surface area contributed by atoms with Crippen LogP contribution in [0.25, 0.3) is 0 Å². The Morgan fingerprint density at radius 1 is 1.10 bits per heavy atom. The second-order valence-corrected chi connectivity index (χ2v) is 4.16. The van der Waals surface area contributed by atoms with Gasteiger partial charge in [-0.2, -0.15) is 4.39 Å². The number of ether oxygens (including phenoxy) is 1. The molecule has 0 fully saturated rings. The Hall–Kier alpha value is -2.06. The van der Waals surface area contributed by atoms with Crippen LogP contribution in [0.2, 0.25) is 10.3 Å². The second-order valence-electron chi connectivity index (χ2n) is 3.42. The smallest absolute Gasteiger partial charge is 0.307 e. The molecule has 1 aromatic carbocycles. The molecule has 0 spiro atoms. The van der Waals surface area contributed by atoms with Crippen LogP contribution in [0, 0.1) is 21.7 Å². The van der Waals surface area contributed by atoms with E-state index in [0.29, 0.717) is 12.1 Å². The first-order chi connectivity index (χ1) is 9.38. The summed E-state index contributed by atoms with van der Waals surface area (Å²) >= 11 is 11.2. The molecule has 104 valence electrons. The fourth-order valence-electron chi connectivity index (χ4n) is 1.26. The average Bonchev–Trinajstić information content (AvgIpc) is 2.37. The first kappa shape index (κ1) is 14.4. The number of aromatic nitrogens is 2. The van der Waals surface area contributed by atoms with Crippen molar-refractivity contribution in [2.24, 2.45) is 0 Å². The predicted octanol–water partition coefficient (Wildman–Crippen LogP) is 3.76. The lowest BCUT2D eigenvalue weighted by atomic mass is 10.3. The summed E-state index contributed by atoms with van der Waals surface area (Å²) in [5.74, 6) is -3.16. The zero-order valence-corrected chi connectivity index (χ0v) is 10.8. The fraction of sp³-hybridized carbons (Fsp3) is 0. The first-order valence-electron chi connectivity index (χ1n) is 4.88. The molecule has 6 nitrogen and oxygen atoms in total. The van der Waals surface area contributed by atoms with E-state index < -0.39 is 28.0 Å². The van der Waals surface area contributed by atoms with Crippen LogP contribution in [0.3, 0.4) is 0 Å². The number of nitro benzene ring substituents is 1. The van der Waals surface area contributed by atoms with Crippen molar-refractivity contribution in [1.29, 1.82) is 0 Å². The molecule has 1 heterocycles. The van der Waals surface area contributed by atoms with Gasteiger partial charge in [-0.05, 0) is 0 Å². The summed E-state index contributed by atoms with van der Waals surface area (Å²) in [7, 11) is 0. The Kier molecular flexibility index (Phi) is 3.96. The minimum Gasteiger partial charge on any atom is -0.451 e. The quantitative estimate of drug-likeness (QED) is 0.635. The molecular weight excluding hydrogens is 319 g/mol. The van der Waals surface area contributed by atoms with Gasteiger partial charge in [-0.15, -0.1) is 10.2 Å². The minimum atomic E-state index is -1.25. The highest BCUT2D eigenvalue weighted by Gasteiger charge is 2.20. The Morgan fingerprint density at radius 3 is 2.45 bits per heavy atom. The van der Waals surface area contributed by atoms with E-state index in [4.69, 9.17) is 27.9 Å². The third-order valence-electron chi connectivity index (χ3n) is 2.10. The molecule has 0 N–H and O–H groups in total. The first-order valence-corrected chi connectivity index (χ1v) is 5.64. The molecule has 0 aliphatic rings. The molecule has 0 radical (unpaired) electrons. The van der Waals surface area contributed by atoms with E-state index in [1.165, 1.54) is 0 Å². The molecule has 10 heteroatoms. The van der Waals surface area contributed by atoms with Crippen molar-refractivity contribution < 1.29 is 18.4 Å². The molecule has 20 heavy (non-hydrogen) atoms. The predicted molar refractivity (Wildman–Crippen MR) is 65.1 cm³/mol. The molecule has 2 rings (SSSR count). The monoisotopic (exact) mass is 321 g/mol. The molecular formula is C10H3Cl2F2N3O3. The maximum atomic E-state index is 13.6. The number of halogens is 4. The van der Waals surface area contributed by atoms with Gasteiger partial charge >= 0.3 is 5.69 Å². The lowest BCUT2D eigenvalue weighted by molar-refractivity contribution is -0.387. The second kappa shape index (κ2) is 5.51. The summed E-state index contributed by atoms with van der Waals surface area (Å²) in [6.07, 6.45) is 0. The highest BCUT2D eigenvalue weighted by molar-refractivity contribution is 6.32. The van der Waals surface area contributed by atoms with Crippen molar-refractivity contribution in [2.75, 3.05) is 0 Å². The van der Waals surface area contributed by atoms with Gasteiger partial charge in [-0.1, -0.05) is 23.2 Å². The van der Waals surface area contributed by atoms with Gasteiger partial charge in [0.25, 0.3) is 0 Å². The molecule has 0 amide bonds. The van der Waals surface area contributed by atoms with Crippen LogP contribution in [0.15, 0.2) is 18.2 Å². The van der Waals surface area contributed by atoms with Crippen molar-refractivity contribution in [1.82, 2.24) is 10.2 Å². The molecule has 0 aliphatic heterocycles. The Morgan fingerprint density at radius 2 is 1.80 bits per heavy atom. The Bertz CT molecular complexity index is 700. The van der Waals surface area contributed by atoms with E-state index in [9.17, 15) is 18.9 Å². The largest absolute Gasteiger partial charge is 0.451 e. The zero-order chi connectivity index (χ0) is 14.9. The molecule has 0 atom stereocenters.